The molecule has 2 rings (SSSR count). The van der Waals surface area contributed by atoms with Crippen molar-refractivity contribution >= 4 is 12.4 Å². The maximum Gasteiger partial charge on any atom is 0.0237 e. The highest BCUT2D eigenvalue weighted by Gasteiger charge is 2.12. The first-order valence-electron chi connectivity index (χ1n) is 3.61. The van der Waals surface area contributed by atoms with Gasteiger partial charge in [0.1, 0.15) is 0 Å². The predicted octanol–water partition coefficient (Wildman–Crippen LogP) is 2.05. The quantitative estimate of drug-likeness (QED) is 0.575. The molecular weight excluding hydrogens is 158 g/mol. The van der Waals surface area contributed by atoms with Crippen LogP contribution in [0.1, 0.15) is 11.1 Å². The van der Waals surface area contributed by atoms with Crippen molar-refractivity contribution < 1.29 is 0 Å². The van der Waals surface area contributed by atoms with Crippen molar-refractivity contribution in [1.82, 2.24) is 4.90 Å². The zero-order chi connectivity index (χ0) is 6.97. The average molecular weight is 170 g/mol. The standard InChI is InChI=1S/C9H11N.ClH/c1-10-6-8-4-2-3-5-9(8)7-10;/h2-5H,6-7H2,1H3;1H. The van der Waals surface area contributed by atoms with E-state index in [1.807, 2.05) is 0 Å². The number of hydrogen-bond donors (Lipinski definition) is 0. The van der Waals surface area contributed by atoms with Gasteiger partial charge >= 0.3 is 0 Å². The van der Waals surface area contributed by atoms with E-state index < -0.39 is 0 Å². The molecule has 0 bridgehead atoms. The zero-order valence-electron chi connectivity index (χ0n) is 6.58. The molecular formula is C9H12ClN. The molecule has 60 valence electrons. The van der Waals surface area contributed by atoms with E-state index in [0.29, 0.717) is 0 Å². The Balaban J connectivity index is 0.000000605. The summed E-state index contributed by atoms with van der Waals surface area (Å²) in [7, 11) is 2.15. The summed E-state index contributed by atoms with van der Waals surface area (Å²) >= 11 is 0. The summed E-state index contributed by atoms with van der Waals surface area (Å²) in [5.74, 6) is 0. The first-order valence-corrected chi connectivity index (χ1v) is 3.61. The third-order valence-electron chi connectivity index (χ3n) is 2.00. The molecule has 2 heteroatoms. The van der Waals surface area contributed by atoms with Gasteiger partial charge in [-0.15, -0.1) is 12.4 Å². The van der Waals surface area contributed by atoms with E-state index in [-0.39, 0.29) is 12.4 Å². The molecule has 1 nitrogen and oxygen atoms in total. The molecule has 0 saturated heterocycles. The van der Waals surface area contributed by atoms with Crippen LogP contribution in [0.5, 0.6) is 0 Å². The van der Waals surface area contributed by atoms with E-state index in [1.54, 1.807) is 0 Å². The molecule has 0 saturated carbocycles. The largest absolute Gasteiger partial charge is 0.298 e. The van der Waals surface area contributed by atoms with Crippen LogP contribution in [0.4, 0.5) is 0 Å². The van der Waals surface area contributed by atoms with Crippen LogP contribution in [0.15, 0.2) is 24.3 Å². The second-order valence-electron chi connectivity index (χ2n) is 2.94. The fraction of sp³-hybridized carbons (Fsp3) is 0.333. The van der Waals surface area contributed by atoms with Crippen LogP contribution in [-0.2, 0) is 13.1 Å². The lowest BCUT2D eigenvalue weighted by Gasteiger charge is -2.02. The van der Waals surface area contributed by atoms with Gasteiger partial charge in [0.05, 0.1) is 0 Å². The monoisotopic (exact) mass is 169 g/mol. The Kier molecular flexibility index (Phi) is 2.53. The number of nitrogens with zero attached hydrogens (tertiary/aromatic N) is 1. The smallest absolute Gasteiger partial charge is 0.0237 e. The molecule has 1 heterocycles. The Morgan fingerprint density at radius 3 is 2.00 bits per heavy atom. The number of fused-ring (bicyclic) bond motifs is 1. The molecule has 0 aliphatic carbocycles. The lowest BCUT2D eigenvalue weighted by Crippen LogP contribution is -2.07. The summed E-state index contributed by atoms with van der Waals surface area (Å²) in [4.78, 5) is 2.32. The Labute approximate surface area is 73.4 Å². The van der Waals surface area contributed by atoms with Crippen molar-refractivity contribution in [2.75, 3.05) is 7.05 Å². The number of halogens is 1. The highest BCUT2D eigenvalue weighted by atomic mass is 35.5. The normalized spacial score (nSPS) is 15.7. The highest BCUT2D eigenvalue weighted by Crippen LogP contribution is 2.19. The molecule has 0 atom stereocenters. The van der Waals surface area contributed by atoms with Crippen molar-refractivity contribution in [1.29, 1.82) is 0 Å². The van der Waals surface area contributed by atoms with Gasteiger partial charge in [-0.3, -0.25) is 4.90 Å². The van der Waals surface area contributed by atoms with Gasteiger partial charge in [-0.05, 0) is 18.2 Å². The van der Waals surface area contributed by atoms with Crippen LogP contribution < -0.4 is 0 Å². The Morgan fingerprint density at radius 1 is 1.09 bits per heavy atom. The van der Waals surface area contributed by atoms with Crippen molar-refractivity contribution in [3.63, 3.8) is 0 Å². The third kappa shape index (κ3) is 1.55. The number of benzene rings is 1. The maximum atomic E-state index is 2.32. The summed E-state index contributed by atoms with van der Waals surface area (Å²) in [5, 5.41) is 0. The molecule has 11 heavy (non-hydrogen) atoms. The van der Waals surface area contributed by atoms with E-state index in [1.165, 1.54) is 11.1 Å². The van der Waals surface area contributed by atoms with Crippen LogP contribution >= 0.6 is 12.4 Å². The van der Waals surface area contributed by atoms with Crippen LogP contribution in [0.2, 0.25) is 0 Å². The van der Waals surface area contributed by atoms with E-state index in [2.05, 4.69) is 36.2 Å². The predicted molar refractivity (Wildman–Crippen MR) is 48.9 cm³/mol. The minimum Gasteiger partial charge on any atom is -0.298 e. The minimum absolute atomic E-state index is 0. The van der Waals surface area contributed by atoms with E-state index in [4.69, 9.17) is 0 Å². The third-order valence-corrected chi connectivity index (χ3v) is 2.00. The van der Waals surface area contributed by atoms with Crippen LogP contribution in [0, 0.1) is 0 Å². The number of hydrogen-bond acceptors (Lipinski definition) is 1. The van der Waals surface area contributed by atoms with Crippen LogP contribution in [0.25, 0.3) is 0 Å². The summed E-state index contributed by atoms with van der Waals surface area (Å²) in [5.41, 5.74) is 2.98. The van der Waals surface area contributed by atoms with E-state index in [0.717, 1.165) is 13.1 Å². The molecule has 0 unspecified atom stereocenters. The lowest BCUT2D eigenvalue weighted by atomic mass is 10.1. The first kappa shape index (κ1) is 8.57. The Hall–Kier alpha value is -0.530. The average Bonchev–Trinajstić information content (AvgIpc) is 2.27. The molecule has 0 spiro atoms. The molecule has 1 aromatic rings. The molecule has 0 amide bonds. The van der Waals surface area contributed by atoms with Gasteiger partial charge < -0.3 is 0 Å². The van der Waals surface area contributed by atoms with Gasteiger partial charge in [0.2, 0.25) is 0 Å². The molecule has 1 aliphatic heterocycles. The van der Waals surface area contributed by atoms with Crippen molar-refractivity contribution in [2.45, 2.75) is 13.1 Å². The SMILES string of the molecule is CN1Cc2ccccc2C1.Cl. The molecule has 0 aromatic heterocycles. The lowest BCUT2D eigenvalue weighted by molar-refractivity contribution is 0.353. The first-order chi connectivity index (χ1) is 4.86. The molecule has 0 N–H and O–H groups in total. The van der Waals surface area contributed by atoms with Crippen molar-refractivity contribution in [2.24, 2.45) is 0 Å². The number of rotatable bonds is 0. The highest BCUT2D eigenvalue weighted by molar-refractivity contribution is 5.85. The zero-order valence-corrected chi connectivity index (χ0v) is 7.40. The Morgan fingerprint density at radius 2 is 1.55 bits per heavy atom. The van der Waals surface area contributed by atoms with Gasteiger partial charge in [-0.2, -0.15) is 0 Å². The fourth-order valence-corrected chi connectivity index (χ4v) is 1.50. The van der Waals surface area contributed by atoms with E-state index >= 15 is 0 Å². The van der Waals surface area contributed by atoms with Crippen LogP contribution in [-0.4, -0.2) is 11.9 Å². The molecule has 0 radical (unpaired) electrons. The van der Waals surface area contributed by atoms with Gasteiger partial charge in [-0.25, -0.2) is 0 Å². The second-order valence-corrected chi connectivity index (χ2v) is 2.94. The van der Waals surface area contributed by atoms with E-state index in [9.17, 15) is 0 Å². The fourth-order valence-electron chi connectivity index (χ4n) is 1.50. The summed E-state index contributed by atoms with van der Waals surface area (Å²) in [6.07, 6.45) is 0. The van der Waals surface area contributed by atoms with Gasteiger partial charge in [0.15, 0.2) is 0 Å². The summed E-state index contributed by atoms with van der Waals surface area (Å²) in [6.45, 7) is 2.24. The van der Waals surface area contributed by atoms with Gasteiger partial charge in [0.25, 0.3) is 0 Å². The maximum absolute atomic E-state index is 2.32. The molecule has 1 aromatic carbocycles. The Bertz CT molecular complexity index is 222. The van der Waals surface area contributed by atoms with Gasteiger partial charge in [0, 0.05) is 13.1 Å². The second kappa shape index (κ2) is 3.24. The summed E-state index contributed by atoms with van der Waals surface area (Å²) in [6, 6.07) is 8.63. The molecule has 0 fully saturated rings. The topological polar surface area (TPSA) is 3.24 Å². The molecule has 1 aliphatic rings. The van der Waals surface area contributed by atoms with Crippen LogP contribution in [0.3, 0.4) is 0 Å². The van der Waals surface area contributed by atoms with Gasteiger partial charge in [-0.1, -0.05) is 24.3 Å². The summed E-state index contributed by atoms with van der Waals surface area (Å²) < 4.78 is 0. The minimum atomic E-state index is 0. The van der Waals surface area contributed by atoms with Crippen molar-refractivity contribution in [3.05, 3.63) is 35.4 Å². The van der Waals surface area contributed by atoms with Crippen molar-refractivity contribution in [3.8, 4) is 0 Å².